The summed E-state index contributed by atoms with van der Waals surface area (Å²) in [6.45, 7) is 2.44. The summed E-state index contributed by atoms with van der Waals surface area (Å²) in [5.41, 5.74) is 1.82. The van der Waals surface area contributed by atoms with Crippen LogP contribution in [0.2, 0.25) is 0 Å². The number of anilines is 2. The first-order chi connectivity index (χ1) is 14.9. The van der Waals surface area contributed by atoms with Crippen molar-refractivity contribution in [3.63, 3.8) is 0 Å². The Morgan fingerprint density at radius 3 is 2.58 bits per heavy atom. The second-order valence-electron chi connectivity index (χ2n) is 7.05. The molecule has 0 fully saturated rings. The number of nitrogens with zero attached hydrogens (tertiary/aromatic N) is 1. The van der Waals surface area contributed by atoms with E-state index in [4.69, 9.17) is 9.47 Å². The van der Waals surface area contributed by atoms with Crippen molar-refractivity contribution in [1.82, 2.24) is 0 Å². The number of ether oxygens (including phenoxy) is 2. The predicted molar refractivity (Wildman–Crippen MR) is 118 cm³/mol. The highest BCUT2D eigenvalue weighted by atomic mass is 32.2. The monoisotopic (exact) mass is 438 g/mol. The summed E-state index contributed by atoms with van der Waals surface area (Å²) in [6, 6.07) is 20.6. The summed E-state index contributed by atoms with van der Waals surface area (Å²) in [6.07, 6.45) is 0. The van der Waals surface area contributed by atoms with Crippen molar-refractivity contribution in [2.24, 2.45) is 0 Å². The minimum Gasteiger partial charge on any atom is -0.490 e. The zero-order valence-corrected chi connectivity index (χ0v) is 17.8. The molecule has 0 radical (unpaired) electrons. The van der Waals surface area contributed by atoms with Crippen LogP contribution in [0.25, 0.3) is 0 Å². The smallest absolute Gasteiger partial charge is 0.265 e. The number of aryl methyl sites for hydroxylation is 1. The van der Waals surface area contributed by atoms with Gasteiger partial charge in [-0.1, -0.05) is 30.3 Å². The van der Waals surface area contributed by atoms with Gasteiger partial charge < -0.3 is 14.4 Å². The molecule has 4 rings (SSSR count). The fraction of sp³-hybridized carbons (Fsp3) is 0.174. The van der Waals surface area contributed by atoms with Gasteiger partial charge in [0.05, 0.1) is 17.1 Å². The number of nitrogens with one attached hydrogen (secondary N) is 1. The lowest BCUT2D eigenvalue weighted by Crippen LogP contribution is -2.40. The lowest BCUT2D eigenvalue weighted by molar-refractivity contribution is -0.120. The Kier molecular flexibility index (Phi) is 5.81. The maximum Gasteiger partial charge on any atom is 0.265 e. The average Bonchev–Trinajstić information content (AvgIpc) is 2.78. The minimum absolute atomic E-state index is 0.120. The summed E-state index contributed by atoms with van der Waals surface area (Å²) < 4.78 is 39.1. The molecule has 1 aliphatic rings. The molecular weight excluding hydrogens is 416 g/mol. The standard InChI is InChI=1S/C23H22N2O5S/c1-17-15-19(31(27,28)24-18-7-3-2-4-8-18)11-12-21(17)30-16-23(26)25-13-14-29-22-10-6-5-9-20(22)25/h2-12,15,24H,13-14,16H2,1H3. The zero-order valence-electron chi connectivity index (χ0n) is 16.9. The molecule has 1 heterocycles. The number of carbonyl (C=O) groups is 1. The summed E-state index contributed by atoms with van der Waals surface area (Å²) in [5, 5.41) is 0. The van der Waals surface area contributed by atoms with Gasteiger partial charge in [0, 0.05) is 5.69 Å². The molecule has 8 heteroatoms. The van der Waals surface area contributed by atoms with Crippen LogP contribution in [0.1, 0.15) is 5.56 Å². The highest BCUT2D eigenvalue weighted by molar-refractivity contribution is 7.92. The fourth-order valence-electron chi connectivity index (χ4n) is 3.32. The Morgan fingerprint density at radius 1 is 1.06 bits per heavy atom. The van der Waals surface area contributed by atoms with Crippen molar-refractivity contribution < 1.29 is 22.7 Å². The SMILES string of the molecule is Cc1cc(S(=O)(=O)Nc2ccccc2)ccc1OCC(=O)N1CCOc2ccccc21. The third kappa shape index (κ3) is 4.64. The highest BCUT2D eigenvalue weighted by Gasteiger charge is 2.24. The lowest BCUT2D eigenvalue weighted by Gasteiger charge is -2.29. The molecular formula is C23H22N2O5S. The van der Waals surface area contributed by atoms with E-state index in [0.29, 0.717) is 41.6 Å². The summed E-state index contributed by atoms with van der Waals surface area (Å²) in [5.74, 6) is 0.921. The predicted octanol–water partition coefficient (Wildman–Crippen LogP) is 3.60. The zero-order chi connectivity index (χ0) is 21.8. The van der Waals surface area contributed by atoms with Gasteiger partial charge in [-0.25, -0.2) is 8.42 Å². The highest BCUT2D eigenvalue weighted by Crippen LogP contribution is 2.31. The van der Waals surface area contributed by atoms with Gasteiger partial charge in [0.15, 0.2) is 6.61 Å². The van der Waals surface area contributed by atoms with Gasteiger partial charge >= 0.3 is 0 Å². The molecule has 160 valence electrons. The van der Waals surface area contributed by atoms with Crippen LogP contribution in [0.3, 0.4) is 0 Å². The van der Waals surface area contributed by atoms with E-state index in [0.717, 1.165) is 0 Å². The van der Waals surface area contributed by atoms with Crippen molar-refractivity contribution in [2.45, 2.75) is 11.8 Å². The van der Waals surface area contributed by atoms with Crippen LogP contribution in [0, 0.1) is 6.92 Å². The molecule has 0 spiro atoms. The minimum atomic E-state index is -3.73. The molecule has 0 aromatic heterocycles. The summed E-state index contributed by atoms with van der Waals surface area (Å²) in [4.78, 5) is 14.5. The molecule has 0 atom stereocenters. The first-order valence-corrected chi connectivity index (χ1v) is 11.3. The number of hydrogen-bond donors (Lipinski definition) is 1. The fourth-order valence-corrected chi connectivity index (χ4v) is 4.46. The Labute approximate surface area is 181 Å². The van der Waals surface area contributed by atoms with E-state index < -0.39 is 10.0 Å². The topological polar surface area (TPSA) is 84.9 Å². The van der Waals surface area contributed by atoms with E-state index in [9.17, 15) is 13.2 Å². The molecule has 1 aliphatic heterocycles. The van der Waals surface area contributed by atoms with E-state index in [2.05, 4.69) is 4.72 Å². The number of fused-ring (bicyclic) bond motifs is 1. The molecule has 0 saturated heterocycles. The Hall–Kier alpha value is -3.52. The van der Waals surface area contributed by atoms with Gasteiger partial charge in [-0.2, -0.15) is 0 Å². The molecule has 0 aliphatic carbocycles. The van der Waals surface area contributed by atoms with Crippen LogP contribution in [0.4, 0.5) is 11.4 Å². The Bertz CT molecular complexity index is 1200. The van der Waals surface area contributed by atoms with Gasteiger partial charge in [0.25, 0.3) is 15.9 Å². The second kappa shape index (κ2) is 8.69. The number of carbonyl (C=O) groups excluding carboxylic acids is 1. The summed E-state index contributed by atoms with van der Waals surface area (Å²) >= 11 is 0. The first-order valence-electron chi connectivity index (χ1n) is 9.77. The largest absolute Gasteiger partial charge is 0.490 e. The number of hydrogen-bond acceptors (Lipinski definition) is 5. The number of rotatable bonds is 6. The Morgan fingerprint density at radius 2 is 1.81 bits per heavy atom. The number of amides is 1. The van der Waals surface area contributed by atoms with Crippen LogP contribution in [-0.2, 0) is 14.8 Å². The van der Waals surface area contributed by atoms with Crippen LogP contribution >= 0.6 is 0 Å². The van der Waals surface area contributed by atoms with Gasteiger partial charge in [-0.05, 0) is 55.0 Å². The quantitative estimate of drug-likeness (QED) is 0.636. The van der Waals surface area contributed by atoms with Crippen LogP contribution in [-0.4, -0.2) is 34.1 Å². The van der Waals surface area contributed by atoms with E-state index >= 15 is 0 Å². The van der Waals surface area contributed by atoms with Gasteiger partial charge in [0.1, 0.15) is 18.1 Å². The lowest BCUT2D eigenvalue weighted by atomic mass is 10.2. The van der Waals surface area contributed by atoms with Crippen molar-refractivity contribution in [3.8, 4) is 11.5 Å². The van der Waals surface area contributed by atoms with Crippen molar-refractivity contribution in [3.05, 3.63) is 78.4 Å². The van der Waals surface area contributed by atoms with Crippen molar-refractivity contribution in [1.29, 1.82) is 0 Å². The maximum atomic E-state index is 12.7. The third-order valence-corrected chi connectivity index (χ3v) is 6.24. The third-order valence-electron chi connectivity index (χ3n) is 4.86. The molecule has 3 aromatic carbocycles. The molecule has 0 saturated carbocycles. The molecule has 31 heavy (non-hydrogen) atoms. The average molecular weight is 439 g/mol. The molecule has 1 N–H and O–H groups in total. The van der Waals surface area contributed by atoms with Gasteiger partial charge in [-0.15, -0.1) is 0 Å². The number of sulfonamides is 1. The van der Waals surface area contributed by atoms with Gasteiger partial charge in [0.2, 0.25) is 0 Å². The Balaban J connectivity index is 1.44. The van der Waals surface area contributed by atoms with Crippen LogP contribution in [0.5, 0.6) is 11.5 Å². The molecule has 0 unspecified atom stereocenters. The maximum absolute atomic E-state index is 12.7. The summed E-state index contributed by atoms with van der Waals surface area (Å²) in [7, 11) is -3.73. The van der Waals surface area contributed by atoms with E-state index in [-0.39, 0.29) is 17.4 Å². The van der Waals surface area contributed by atoms with Crippen molar-refractivity contribution in [2.75, 3.05) is 29.4 Å². The molecule has 3 aromatic rings. The van der Waals surface area contributed by atoms with Gasteiger partial charge in [-0.3, -0.25) is 9.52 Å². The first kappa shape index (κ1) is 20.7. The van der Waals surface area contributed by atoms with Crippen molar-refractivity contribution >= 4 is 27.3 Å². The number of para-hydroxylation sites is 3. The van der Waals surface area contributed by atoms with E-state index in [1.54, 1.807) is 42.2 Å². The number of benzene rings is 3. The molecule has 1 amide bonds. The van der Waals surface area contributed by atoms with Crippen LogP contribution < -0.4 is 19.1 Å². The second-order valence-corrected chi connectivity index (χ2v) is 8.73. The van der Waals surface area contributed by atoms with E-state index in [1.807, 2.05) is 30.3 Å². The molecule has 7 nitrogen and oxygen atoms in total. The van der Waals surface area contributed by atoms with E-state index in [1.165, 1.54) is 12.1 Å². The molecule has 0 bridgehead atoms. The normalized spacial score (nSPS) is 13.1. The van der Waals surface area contributed by atoms with Crippen LogP contribution in [0.15, 0.2) is 77.7 Å².